The molecule has 0 aliphatic carbocycles. The Morgan fingerprint density at radius 2 is 1.82 bits per heavy atom. The van der Waals surface area contributed by atoms with Gasteiger partial charge < -0.3 is 10.2 Å². The highest BCUT2D eigenvalue weighted by atomic mass is 79.9. The average Bonchev–Trinajstić information content (AvgIpc) is 2.72. The largest absolute Gasteiger partial charge is 0.352 e. The Morgan fingerprint density at radius 3 is 2.50 bits per heavy atom. The Hall–Kier alpha value is -2.04. The summed E-state index contributed by atoms with van der Waals surface area (Å²) in [6, 6.07) is 8.81. The lowest BCUT2D eigenvalue weighted by Gasteiger charge is -2.33. The molecule has 0 atom stereocenters. The molecule has 10 heteroatoms. The lowest BCUT2D eigenvalue weighted by Crippen LogP contribution is -2.49. The fraction of sp³-hybridized carbons (Fsp3) is 0.389. The number of nitrogens with zero attached hydrogens (tertiary/aromatic N) is 4. The van der Waals surface area contributed by atoms with E-state index >= 15 is 0 Å². The number of anilines is 1. The molecule has 0 unspecified atom stereocenters. The molecule has 0 bridgehead atoms. The van der Waals surface area contributed by atoms with Crippen molar-refractivity contribution in [1.82, 2.24) is 19.6 Å². The maximum absolute atomic E-state index is 12.5. The highest BCUT2D eigenvalue weighted by molar-refractivity contribution is 9.10. The van der Waals surface area contributed by atoms with E-state index in [2.05, 4.69) is 31.2 Å². The van der Waals surface area contributed by atoms with Gasteiger partial charge in [0.15, 0.2) is 0 Å². The third-order valence-corrected chi connectivity index (χ3v) is 6.87. The Bertz CT molecular complexity index is 902. The monoisotopic (exact) mass is 467 g/mol. The quantitative estimate of drug-likeness (QED) is 0.620. The zero-order chi connectivity index (χ0) is 20.0. The van der Waals surface area contributed by atoms with Crippen molar-refractivity contribution in [3.8, 4) is 0 Å². The predicted octanol–water partition coefficient (Wildman–Crippen LogP) is 1.51. The third-order valence-electron chi connectivity index (χ3n) is 4.42. The minimum absolute atomic E-state index is 0.00754. The smallest absolute Gasteiger partial charge is 0.251 e. The molecule has 1 fully saturated rings. The molecular formula is C18H22BrN5O3S. The SMILES string of the molecule is O=C(NCCCS(=O)(=O)N1CCN(c2ncccn2)CC1)c1cccc(Br)c1. The summed E-state index contributed by atoms with van der Waals surface area (Å²) in [5, 5.41) is 2.76. The van der Waals surface area contributed by atoms with E-state index in [9.17, 15) is 13.2 Å². The fourth-order valence-electron chi connectivity index (χ4n) is 2.94. The van der Waals surface area contributed by atoms with Crippen LogP contribution in [0.4, 0.5) is 5.95 Å². The van der Waals surface area contributed by atoms with Crippen molar-refractivity contribution < 1.29 is 13.2 Å². The number of hydrogen-bond acceptors (Lipinski definition) is 6. The molecule has 1 aliphatic rings. The van der Waals surface area contributed by atoms with Crippen molar-refractivity contribution in [3.63, 3.8) is 0 Å². The van der Waals surface area contributed by atoms with E-state index in [1.165, 1.54) is 4.31 Å². The van der Waals surface area contributed by atoms with E-state index in [-0.39, 0.29) is 11.7 Å². The first-order valence-electron chi connectivity index (χ1n) is 8.99. The van der Waals surface area contributed by atoms with Crippen LogP contribution in [-0.2, 0) is 10.0 Å². The van der Waals surface area contributed by atoms with Gasteiger partial charge in [-0.3, -0.25) is 4.79 Å². The Morgan fingerprint density at radius 1 is 1.11 bits per heavy atom. The zero-order valence-electron chi connectivity index (χ0n) is 15.3. The summed E-state index contributed by atoms with van der Waals surface area (Å²) in [7, 11) is -3.35. The molecule has 3 rings (SSSR count). The van der Waals surface area contributed by atoms with Gasteiger partial charge in [-0.15, -0.1) is 0 Å². The number of carbonyl (C=O) groups excluding carboxylic acids is 1. The van der Waals surface area contributed by atoms with Crippen LogP contribution >= 0.6 is 15.9 Å². The lowest BCUT2D eigenvalue weighted by atomic mass is 10.2. The molecule has 0 saturated carbocycles. The molecule has 2 heterocycles. The summed E-state index contributed by atoms with van der Waals surface area (Å²) in [6.07, 6.45) is 3.71. The first-order valence-corrected chi connectivity index (χ1v) is 11.4. The van der Waals surface area contributed by atoms with E-state index in [1.807, 2.05) is 11.0 Å². The van der Waals surface area contributed by atoms with Gasteiger partial charge in [0, 0.05) is 55.2 Å². The fourth-order valence-corrected chi connectivity index (χ4v) is 4.82. The van der Waals surface area contributed by atoms with Crippen molar-refractivity contribution in [2.45, 2.75) is 6.42 Å². The number of halogens is 1. The highest BCUT2D eigenvalue weighted by Crippen LogP contribution is 2.14. The van der Waals surface area contributed by atoms with Gasteiger partial charge in [-0.25, -0.2) is 18.4 Å². The van der Waals surface area contributed by atoms with Crippen molar-refractivity contribution in [1.29, 1.82) is 0 Å². The van der Waals surface area contributed by atoms with E-state index in [1.54, 1.807) is 36.7 Å². The van der Waals surface area contributed by atoms with Crippen LogP contribution in [0.3, 0.4) is 0 Å². The van der Waals surface area contributed by atoms with Crippen molar-refractivity contribution in [2.75, 3.05) is 43.4 Å². The van der Waals surface area contributed by atoms with E-state index in [4.69, 9.17) is 0 Å². The number of hydrogen-bond donors (Lipinski definition) is 1. The van der Waals surface area contributed by atoms with Crippen molar-refractivity contribution >= 4 is 37.8 Å². The molecule has 1 aromatic heterocycles. The minimum atomic E-state index is -3.35. The van der Waals surface area contributed by atoms with Gasteiger partial charge >= 0.3 is 0 Å². The van der Waals surface area contributed by atoms with Gasteiger partial charge in [0.1, 0.15) is 0 Å². The Labute approximate surface area is 173 Å². The van der Waals surface area contributed by atoms with E-state index in [0.717, 1.165) is 4.47 Å². The van der Waals surface area contributed by atoms with Gasteiger partial charge in [0.05, 0.1) is 5.75 Å². The number of aromatic nitrogens is 2. The topological polar surface area (TPSA) is 95.5 Å². The van der Waals surface area contributed by atoms with Gasteiger partial charge in [-0.05, 0) is 30.7 Å². The van der Waals surface area contributed by atoms with Crippen LogP contribution in [0.2, 0.25) is 0 Å². The molecule has 1 amide bonds. The van der Waals surface area contributed by atoms with Gasteiger partial charge in [0.2, 0.25) is 16.0 Å². The first kappa shape index (κ1) is 20.7. The van der Waals surface area contributed by atoms with Crippen LogP contribution in [0.15, 0.2) is 47.2 Å². The number of rotatable bonds is 7. The number of sulfonamides is 1. The number of amides is 1. The summed E-state index contributed by atoms with van der Waals surface area (Å²) >= 11 is 3.33. The lowest BCUT2D eigenvalue weighted by molar-refractivity contribution is 0.0953. The molecule has 1 aromatic carbocycles. The Balaban J connectivity index is 1.43. The molecule has 1 N–H and O–H groups in total. The highest BCUT2D eigenvalue weighted by Gasteiger charge is 2.27. The molecular weight excluding hydrogens is 446 g/mol. The summed E-state index contributed by atoms with van der Waals surface area (Å²) in [6.45, 7) is 2.24. The van der Waals surface area contributed by atoms with Crippen LogP contribution in [0, 0.1) is 0 Å². The van der Waals surface area contributed by atoms with Crippen molar-refractivity contribution in [3.05, 3.63) is 52.8 Å². The zero-order valence-corrected chi connectivity index (χ0v) is 17.7. The van der Waals surface area contributed by atoms with Crippen molar-refractivity contribution in [2.24, 2.45) is 0 Å². The summed E-state index contributed by atoms with van der Waals surface area (Å²) in [5.74, 6) is 0.415. The standard InChI is InChI=1S/C18H22BrN5O3S/c19-16-5-1-4-15(14-16)17(25)20-8-3-13-28(26,27)24-11-9-23(10-12-24)18-21-6-2-7-22-18/h1-2,4-7,14H,3,8-13H2,(H,20,25). The Kier molecular flexibility index (Phi) is 6.97. The number of benzene rings is 1. The first-order chi connectivity index (χ1) is 13.5. The second-order valence-electron chi connectivity index (χ2n) is 6.37. The normalized spacial score (nSPS) is 15.4. The van der Waals surface area contributed by atoms with E-state index < -0.39 is 10.0 Å². The number of nitrogens with one attached hydrogen (secondary N) is 1. The summed E-state index contributed by atoms with van der Waals surface area (Å²) in [4.78, 5) is 22.5. The van der Waals surface area contributed by atoms with Crippen LogP contribution < -0.4 is 10.2 Å². The van der Waals surface area contributed by atoms with Crippen LogP contribution in [0.1, 0.15) is 16.8 Å². The molecule has 1 aliphatic heterocycles. The predicted molar refractivity (Wildman–Crippen MR) is 111 cm³/mol. The summed E-state index contributed by atoms with van der Waals surface area (Å²) in [5.41, 5.74) is 0.538. The van der Waals surface area contributed by atoms with Gasteiger partial charge in [-0.2, -0.15) is 4.31 Å². The second-order valence-corrected chi connectivity index (χ2v) is 9.37. The maximum Gasteiger partial charge on any atom is 0.251 e. The molecule has 0 radical (unpaired) electrons. The average molecular weight is 468 g/mol. The van der Waals surface area contributed by atoms with Gasteiger partial charge in [-0.1, -0.05) is 22.0 Å². The third kappa shape index (κ3) is 5.49. The van der Waals surface area contributed by atoms with E-state index in [0.29, 0.717) is 50.7 Å². The molecule has 150 valence electrons. The number of carbonyl (C=O) groups is 1. The minimum Gasteiger partial charge on any atom is -0.352 e. The maximum atomic E-state index is 12.5. The van der Waals surface area contributed by atoms with Crippen LogP contribution in [0.5, 0.6) is 0 Å². The van der Waals surface area contributed by atoms with Crippen LogP contribution in [0.25, 0.3) is 0 Å². The number of piperazine rings is 1. The van der Waals surface area contributed by atoms with Gasteiger partial charge in [0.25, 0.3) is 5.91 Å². The molecule has 28 heavy (non-hydrogen) atoms. The summed E-state index contributed by atoms with van der Waals surface area (Å²) < 4.78 is 27.4. The van der Waals surface area contributed by atoms with Crippen LogP contribution in [-0.4, -0.2) is 67.1 Å². The molecule has 0 spiro atoms. The second kappa shape index (κ2) is 9.44. The molecule has 1 saturated heterocycles. The molecule has 8 nitrogen and oxygen atoms in total. The molecule has 2 aromatic rings.